The average molecular weight is 226 g/mol. The molecule has 0 unspecified atom stereocenters. The zero-order chi connectivity index (χ0) is 10.4. The van der Waals surface area contributed by atoms with Crippen LogP contribution in [-0.2, 0) is 9.53 Å². The van der Waals surface area contributed by atoms with Gasteiger partial charge in [-0.2, -0.15) is 0 Å². The van der Waals surface area contributed by atoms with Gasteiger partial charge in [-0.25, -0.2) is 0 Å². The highest BCUT2D eigenvalue weighted by atomic mass is 35.5. The van der Waals surface area contributed by atoms with E-state index in [0.29, 0.717) is 0 Å². The molecule has 1 amide bonds. The summed E-state index contributed by atoms with van der Waals surface area (Å²) in [4.78, 5) is 10.9. The Kier molecular flexibility index (Phi) is 5.94. The lowest BCUT2D eigenvalue weighted by Crippen LogP contribution is -2.48. The van der Waals surface area contributed by atoms with E-state index in [1.54, 1.807) is 0 Å². The number of carbonyl (C=O) groups excluding carboxylic acids is 1. The minimum atomic E-state index is -0.806. The zero-order valence-corrected chi connectivity index (χ0v) is 8.98. The number of methoxy groups -OCH3 is 1. The van der Waals surface area contributed by atoms with Crippen LogP contribution in [-0.4, -0.2) is 41.2 Å². The number of nitrogens with one attached hydrogen (secondary N) is 1. The molecule has 0 radical (unpaired) electrons. The fourth-order valence-electron chi connectivity index (χ4n) is 0.715. The van der Waals surface area contributed by atoms with E-state index in [1.165, 1.54) is 14.0 Å². The SMILES string of the molecule is COC(=S)[C@@H](NC(=O)CCl)[C@@H](C)O. The highest BCUT2D eigenvalue weighted by molar-refractivity contribution is 7.80. The molecule has 0 spiro atoms. The van der Waals surface area contributed by atoms with Crippen molar-refractivity contribution in [3.05, 3.63) is 0 Å². The third-order valence-corrected chi connectivity index (χ3v) is 2.04. The summed E-state index contributed by atoms with van der Waals surface area (Å²) in [6.07, 6.45) is -0.806. The number of ether oxygens (including phenoxy) is 1. The van der Waals surface area contributed by atoms with Gasteiger partial charge in [0.15, 0.2) is 5.05 Å². The van der Waals surface area contributed by atoms with Crippen molar-refractivity contribution in [3.8, 4) is 0 Å². The Bertz CT molecular complexity index is 198. The second-order valence-corrected chi connectivity index (χ2v) is 3.11. The average Bonchev–Trinajstić information content (AvgIpc) is 2.11. The van der Waals surface area contributed by atoms with Crippen LogP contribution in [0, 0.1) is 0 Å². The topological polar surface area (TPSA) is 58.6 Å². The van der Waals surface area contributed by atoms with E-state index < -0.39 is 18.1 Å². The van der Waals surface area contributed by atoms with Crippen LogP contribution < -0.4 is 5.32 Å². The summed E-state index contributed by atoms with van der Waals surface area (Å²) in [7, 11) is 1.38. The Labute approximate surface area is 87.2 Å². The number of aliphatic hydroxyl groups is 1. The number of amides is 1. The number of carbonyl (C=O) groups is 1. The Balaban J connectivity index is 4.26. The van der Waals surface area contributed by atoms with Crippen LogP contribution >= 0.6 is 23.8 Å². The Hall–Kier alpha value is -0.390. The minimum absolute atomic E-state index is 0.133. The van der Waals surface area contributed by atoms with Crippen molar-refractivity contribution < 1.29 is 14.6 Å². The van der Waals surface area contributed by atoms with Gasteiger partial charge in [0.1, 0.15) is 11.9 Å². The van der Waals surface area contributed by atoms with Gasteiger partial charge in [-0.1, -0.05) is 0 Å². The molecule has 2 atom stereocenters. The van der Waals surface area contributed by atoms with E-state index in [-0.39, 0.29) is 10.9 Å². The van der Waals surface area contributed by atoms with E-state index in [9.17, 15) is 9.90 Å². The van der Waals surface area contributed by atoms with Crippen molar-refractivity contribution in [1.82, 2.24) is 5.32 Å². The number of alkyl halides is 1. The smallest absolute Gasteiger partial charge is 0.235 e. The van der Waals surface area contributed by atoms with Crippen molar-refractivity contribution in [2.45, 2.75) is 19.1 Å². The molecule has 0 fully saturated rings. The molecule has 0 aliphatic rings. The molecular formula is C7H12ClNO3S. The van der Waals surface area contributed by atoms with Gasteiger partial charge in [0, 0.05) is 0 Å². The quantitative estimate of drug-likeness (QED) is 0.525. The fourth-order valence-corrected chi connectivity index (χ4v) is 1.05. The van der Waals surface area contributed by atoms with E-state index in [4.69, 9.17) is 28.6 Å². The number of hydrogen-bond acceptors (Lipinski definition) is 4. The molecule has 0 saturated heterocycles. The molecule has 0 aromatic heterocycles. The third kappa shape index (κ3) is 4.40. The van der Waals surface area contributed by atoms with Gasteiger partial charge in [0.25, 0.3) is 0 Å². The molecule has 76 valence electrons. The molecule has 6 heteroatoms. The predicted molar refractivity (Wildman–Crippen MR) is 53.9 cm³/mol. The largest absolute Gasteiger partial charge is 0.488 e. The van der Waals surface area contributed by atoms with Crippen molar-refractivity contribution in [1.29, 1.82) is 0 Å². The molecule has 0 aliphatic heterocycles. The first-order valence-corrected chi connectivity index (χ1v) is 4.58. The number of hydrogen-bond donors (Lipinski definition) is 2. The van der Waals surface area contributed by atoms with Gasteiger partial charge in [0.2, 0.25) is 5.91 Å². The van der Waals surface area contributed by atoms with E-state index in [1.807, 2.05) is 0 Å². The Morgan fingerprint density at radius 3 is 2.62 bits per heavy atom. The normalized spacial score (nSPS) is 14.5. The molecule has 0 aromatic rings. The molecule has 13 heavy (non-hydrogen) atoms. The number of rotatable bonds is 4. The molecule has 0 saturated carbocycles. The summed E-state index contributed by atoms with van der Waals surface area (Å²) in [5, 5.41) is 11.8. The molecule has 0 aromatic carbocycles. The van der Waals surface area contributed by atoms with Crippen molar-refractivity contribution in [3.63, 3.8) is 0 Å². The second-order valence-electron chi connectivity index (χ2n) is 2.44. The maximum atomic E-state index is 10.9. The summed E-state index contributed by atoms with van der Waals surface area (Å²) in [5.41, 5.74) is 0. The maximum Gasteiger partial charge on any atom is 0.235 e. The first-order chi connectivity index (χ1) is 6.02. The molecule has 2 N–H and O–H groups in total. The van der Waals surface area contributed by atoms with Crippen molar-refractivity contribution in [2.75, 3.05) is 13.0 Å². The monoisotopic (exact) mass is 225 g/mol. The lowest BCUT2D eigenvalue weighted by Gasteiger charge is -2.20. The fraction of sp³-hybridized carbons (Fsp3) is 0.714. The second kappa shape index (κ2) is 6.12. The van der Waals surface area contributed by atoms with Gasteiger partial charge in [-0.05, 0) is 19.1 Å². The van der Waals surface area contributed by atoms with Crippen molar-refractivity contribution in [2.24, 2.45) is 0 Å². The minimum Gasteiger partial charge on any atom is -0.488 e. The van der Waals surface area contributed by atoms with Gasteiger partial charge in [0.05, 0.1) is 13.2 Å². The van der Waals surface area contributed by atoms with E-state index in [0.717, 1.165) is 0 Å². The van der Waals surface area contributed by atoms with Gasteiger partial charge >= 0.3 is 0 Å². The van der Waals surface area contributed by atoms with Crippen LogP contribution in [0.25, 0.3) is 0 Å². The molecule has 0 aliphatic carbocycles. The van der Waals surface area contributed by atoms with Crippen molar-refractivity contribution >= 4 is 34.8 Å². The molecule has 0 heterocycles. The highest BCUT2D eigenvalue weighted by Gasteiger charge is 2.22. The third-order valence-electron chi connectivity index (χ3n) is 1.38. The summed E-state index contributed by atoms with van der Waals surface area (Å²) < 4.78 is 4.73. The summed E-state index contributed by atoms with van der Waals surface area (Å²) in [5.74, 6) is -0.567. The molecular weight excluding hydrogens is 214 g/mol. The first-order valence-electron chi connectivity index (χ1n) is 3.64. The lowest BCUT2D eigenvalue weighted by molar-refractivity contribution is -0.119. The summed E-state index contributed by atoms with van der Waals surface area (Å²) >= 11 is 10.1. The lowest BCUT2D eigenvalue weighted by atomic mass is 10.2. The van der Waals surface area contributed by atoms with Crippen LogP contribution in [0.4, 0.5) is 0 Å². The maximum absolute atomic E-state index is 10.9. The Morgan fingerprint density at radius 2 is 2.31 bits per heavy atom. The Morgan fingerprint density at radius 1 is 1.77 bits per heavy atom. The predicted octanol–water partition coefficient (Wildman–Crippen LogP) is 0.0646. The van der Waals surface area contributed by atoms with Crippen LogP contribution in [0.5, 0.6) is 0 Å². The zero-order valence-electron chi connectivity index (χ0n) is 7.41. The highest BCUT2D eigenvalue weighted by Crippen LogP contribution is 1.98. The van der Waals surface area contributed by atoms with Crippen LogP contribution in [0.1, 0.15) is 6.92 Å². The molecule has 4 nitrogen and oxygen atoms in total. The molecule has 0 bridgehead atoms. The first kappa shape index (κ1) is 12.6. The van der Waals surface area contributed by atoms with Crippen LogP contribution in [0.2, 0.25) is 0 Å². The summed E-state index contributed by atoms with van der Waals surface area (Å²) in [6.45, 7) is 1.50. The van der Waals surface area contributed by atoms with Crippen LogP contribution in [0.3, 0.4) is 0 Å². The number of aliphatic hydroxyl groups excluding tert-OH is 1. The van der Waals surface area contributed by atoms with Gasteiger partial charge < -0.3 is 15.2 Å². The van der Waals surface area contributed by atoms with Gasteiger partial charge in [-0.15, -0.1) is 11.6 Å². The van der Waals surface area contributed by atoms with Gasteiger partial charge in [-0.3, -0.25) is 4.79 Å². The standard InChI is InChI=1S/C7H12ClNO3S/c1-4(10)6(7(13)12-2)9-5(11)3-8/h4,6,10H,3H2,1-2H3,(H,9,11)/t4-,6+/m1/s1. The van der Waals surface area contributed by atoms with E-state index >= 15 is 0 Å². The molecule has 0 rings (SSSR count). The number of halogens is 1. The summed E-state index contributed by atoms with van der Waals surface area (Å²) in [6, 6.07) is -0.689. The van der Waals surface area contributed by atoms with E-state index in [2.05, 4.69) is 5.32 Å². The van der Waals surface area contributed by atoms with Crippen LogP contribution in [0.15, 0.2) is 0 Å². The number of thiocarbonyl (C=S) groups is 1.